The number of nitrogens with zero attached hydrogens (tertiary/aromatic N) is 2. The molecule has 0 radical (unpaired) electrons. The number of hydrogen-bond donors (Lipinski definition) is 1. The molecule has 0 fully saturated rings. The molecule has 18 heavy (non-hydrogen) atoms. The van der Waals surface area contributed by atoms with Gasteiger partial charge < -0.3 is 10.0 Å². The third kappa shape index (κ3) is 2.53. The molecule has 4 nitrogen and oxygen atoms in total. The summed E-state index contributed by atoms with van der Waals surface area (Å²) in [7, 11) is 3.56. The number of amidine groups is 1. The highest BCUT2D eigenvalue weighted by molar-refractivity contribution is 8.18. The van der Waals surface area contributed by atoms with Gasteiger partial charge in [-0.25, -0.2) is 4.39 Å². The number of hydrogen-bond acceptors (Lipinski definition) is 4. The van der Waals surface area contributed by atoms with Crippen molar-refractivity contribution in [1.29, 1.82) is 0 Å². The number of halogens is 1. The van der Waals surface area contributed by atoms with Gasteiger partial charge in [0.1, 0.15) is 11.6 Å². The van der Waals surface area contributed by atoms with Gasteiger partial charge in [0.2, 0.25) is 0 Å². The van der Waals surface area contributed by atoms with Crippen LogP contribution in [0.15, 0.2) is 28.1 Å². The Kier molecular flexibility index (Phi) is 3.38. The first kappa shape index (κ1) is 12.6. The summed E-state index contributed by atoms with van der Waals surface area (Å²) in [6, 6.07) is 3.58. The SMILES string of the molecule is CN(C)C1=NC(=O)/C(=C/c2cc(F)ccc2O)S1. The largest absolute Gasteiger partial charge is 0.507 e. The predicted octanol–water partition coefficient (Wildman–Crippen LogP) is 2.06. The standard InChI is InChI=1S/C12H11FN2O2S/c1-15(2)12-14-11(17)10(18-12)6-7-5-8(13)3-4-9(7)16/h3-6,16H,1-2H3/b10-6-. The van der Waals surface area contributed by atoms with E-state index in [1.54, 1.807) is 19.0 Å². The third-order valence-corrected chi connectivity index (χ3v) is 3.42. The van der Waals surface area contributed by atoms with Crippen molar-refractivity contribution in [2.45, 2.75) is 0 Å². The second-order valence-electron chi connectivity index (χ2n) is 3.91. The third-order valence-electron chi connectivity index (χ3n) is 2.27. The number of benzene rings is 1. The number of aromatic hydroxyl groups is 1. The molecule has 0 saturated heterocycles. The molecule has 1 amide bonds. The summed E-state index contributed by atoms with van der Waals surface area (Å²) in [6.07, 6.45) is 1.44. The summed E-state index contributed by atoms with van der Waals surface area (Å²) in [5.74, 6) is -0.924. The Labute approximate surface area is 108 Å². The van der Waals surface area contributed by atoms with Crippen LogP contribution in [-0.4, -0.2) is 35.2 Å². The summed E-state index contributed by atoms with van der Waals surface area (Å²) in [4.78, 5) is 17.5. The first-order valence-corrected chi connectivity index (χ1v) is 5.97. The quantitative estimate of drug-likeness (QED) is 0.791. The zero-order valence-corrected chi connectivity index (χ0v) is 10.7. The molecule has 0 saturated carbocycles. The predicted molar refractivity (Wildman–Crippen MR) is 69.8 cm³/mol. The highest BCUT2D eigenvalue weighted by Crippen LogP contribution is 2.31. The molecule has 0 aromatic heterocycles. The van der Waals surface area contributed by atoms with E-state index in [1.807, 2.05) is 0 Å². The molecule has 1 aliphatic rings. The molecule has 0 atom stereocenters. The number of carbonyl (C=O) groups excluding carboxylic acids is 1. The molecule has 94 valence electrons. The Morgan fingerprint density at radius 3 is 2.78 bits per heavy atom. The maximum absolute atomic E-state index is 13.1. The van der Waals surface area contributed by atoms with Gasteiger partial charge in [-0.1, -0.05) is 0 Å². The van der Waals surface area contributed by atoms with E-state index in [1.165, 1.54) is 30.0 Å². The van der Waals surface area contributed by atoms with Crippen molar-refractivity contribution in [3.05, 3.63) is 34.5 Å². The molecular weight excluding hydrogens is 255 g/mol. The van der Waals surface area contributed by atoms with Crippen molar-refractivity contribution in [2.75, 3.05) is 14.1 Å². The fourth-order valence-electron chi connectivity index (χ4n) is 1.37. The minimum absolute atomic E-state index is 0.0735. The van der Waals surface area contributed by atoms with Crippen molar-refractivity contribution in [1.82, 2.24) is 4.90 Å². The fourth-order valence-corrected chi connectivity index (χ4v) is 2.20. The van der Waals surface area contributed by atoms with Gasteiger partial charge in [-0.2, -0.15) is 4.99 Å². The molecule has 0 spiro atoms. The molecule has 2 rings (SSSR count). The average molecular weight is 266 g/mol. The number of phenolic OH excluding ortho intramolecular Hbond substituents is 1. The molecule has 0 aliphatic carbocycles. The van der Waals surface area contributed by atoms with Crippen molar-refractivity contribution < 1.29 is 14.3 Å². The van der Waals surface area contributed by atoms with Crippen LogP contribution in [0.1, 0.15) is 5.56 Å². The van der Waals surface area contributed by atoms with Crippen LogP contribution in [0.3, 0.4) is 0 Å². The molecular formula is C12H11FN2O2S. The summed E-state index contributed by atoms with van der Waals surface area (Å²) in [6.45, 7) is 0. The summed E-state index contributed by atoms with van der Waals surface area (Å²) < 4.78 is 13.1. The lowest BCUT2D eigenvalue weighted by Crippen LogP contribution is -2.16. The highest BCUT2D eigenvalue weighted by atomic mass is 32.2. The molecule has 0 unspecified atom stereocenters. The van der Waals surface area contributed by atoms with Gasteiger partial charge in [-0.3, -0.25) is 4.79 Å². The van der Waals surface area contributed by atoms with Gasteiger partial charge in [0.15, 0.2) is 5.17 Å². The second-order valence-corrected chi connectivity index (χ2v) is 4.92. The van der Waals surface area contributed by atoms with Crippen molar-refractivity contribution in [3.8, 4) is 5.75 Å². The Morgan fingerprint density at radius 2 is 2.17 bits per heavy atom. The van der Waals surface area contributed by atoms with E-state index in [0.29, 0.717) is 10.1 Å². The lowest BCUT2D eigenvalue weighted by Gasteiger charge is -2.08. The Bertz CT molecular complexity index is 567. The van der Waals surface area contributed by atoms with Gasteiger partial charge in [-0.05, 0) is 36.0 Å². The van der Waals surface area contributed by atoms with Gasteiger partial charge in [0.25, 0.3) is 5.91 Å². The lowest BCUT2D eigenvalue weighted by molar-refractivity contribution is -0.113. The molecule has 6 heteroatoms. The van der Waals surface area contributed by atoms with Crippen LogP contribution < -0.4 is 0 Å². The zero-order valence-electron chi connectivity index (χ0n) is 9.85. The van der Waals surface area contributed by atoms with Crippen LogP contribution in [0.4, 0.5) is 4.39 Å². The van der Waals surface area contributed by atoms with Crippen molar-refractivity contribution in [2.24, 2.45) is 4.99 Å². The van der Waals surface area contributed by atoms with Crippen molar-refractivity contribution in [3.63, 3.8) is 0 Å². The Balaban J connectivity index is 2.31. The number of carbonyl (C=O) groups is 1. The van der Waals surface area contributed by atoms with Gasteiger partial charge in [0, 0.05) is 19.7 Å². The Hall–Kier alpha value is -1.82. The fraction of sp³-hybridized carbons (Fsp3) is 0.167. The molecule has 1 aliphatic heterocycles. The van der Waals surface area contributed by atoms with Gasteiger partial charge in [-0.15, -0.1) is 0 Å². The number of aliphatic imine (C=N–C) groups is 1. The molecule has 1 heterocycles. The first-order chi connectivity index (χ1) is 8.47. The van der Waals surface area contributed by atoms with Crippen LogP contribution in [0.2, 0.25) is 0 Å². The van der Waals surface area contributed by atoms with E-state index in [2.05, 4.69) is 4.99 Å². The van der Waals surface area contributed by atoms with Crippen LogP contribution in [0, 0.1) is 5.82 Å². The lowest BCUT2D eigenvalue weighted by atomic mass is 10.2. The van der Waals surface area contributed by atoms with E-state index in [9.17, 15) is 14.3 Å². The second kappa shape index (κ2) is 4.81. The Morgan fingerprint density at radius 1 is 1.44 bits per heavy atom. The number of thioether (sulfide) groups is 1. The van der Waals surface area contributed by atoms with E-state index < -0.39 is 5.82 Å². The maximum atomic E-state index is 13.1. The monoisotopic (exact) mass is 266 g/mol. The smallest absolute Gasteiger partial charge is 0.286 e. The van der Waals surface area contributed by atoms with Gasteiger partial charge in [0.05, 0.1) is 4.91 Å². The van der Waals surface area contributed by atoms with Crippen LogP contribution in [-0.2, 0) is 4.79 Å². The molecule has 1 aromatic rings. The molecule has 0 bridgehead atoms. The topological polar surface area (TPSA) is 52.9 Å². The van der Waals surface area contributed by atoms with E-state index in [0.717, 1.165) is 6.07 Å². The number of phenols is 1. The summed E-state index contributed by atoms with van der Waals surface area (Å²) in [5, 5.41) is 10.1. The number of amides is 1. The van der Waals surface area contributed by atoms with E-state index in [-0.39, 0.29) is 17.2 Å². The van der Waals surface area contributed by atoms with E-state index in [4.69, 9.17) is 0 Å². The normalized spacial score (nSPS) is 17.2. The van der Waals surface area contributed by atoms with Crippen molar-refractivity contribution >= 4 is 28.9 Å². The molecule has 1 N–H and O–H groups in total. The minimum Gasteiger partial charge on any atom is -0.507 e. The maximum Gasteiger partial charge on any atom is 0.286 e. The van der Waals surface area contributed by atoms with E-state index >= 15 is 0 Å². The van der Waals surface area contributed by atoms with Crippen LogP contribution in [0.5, 0.6) is 5.75 Å². The summed E-state index contributed by atoms with van der Waals surface area (Å²) >= 11 is 1.19. The molecule has 1 aromatic carbocycles. The average Bonchev–Trinajstić information content (AvgIpc) is 2.66. The van der Waals surface area contributed by atoms with Crippen LogP contribution in [0.25, 0.3) is 6.08 Å². The summed E-state index contributed by atoms with van der Waals surface area (Å²) in [5.41, 5.74) is 0.265. The first-order valence-electron chi connectivity index (χ1n) is 5.16. The zero-order chi connectivity index (χ0) is 13.3. The van der Waals surface area contributed by atoms with Gasteiger partial charge >= 0.3 is 0 Å². The number of rotatable bonds is 1. The minimum atomic E-state index is -0.469. The highest BCUT2D eigenvalue weighted by Gasteiger charge is 2.23. The van der Waals surface area contributed by atoms with Crippen LogP contribution >= 0.6 is 11.8 Å².